The molecule has 0 radical (unpaired) electrons. The Morgan fingerprint density at radius 2 is 2.14 bits per heavy atom. The Hall–Kier alpha value is -2.88. The van der Waals surface area contributed by atoms with Crippen LogP contribution in [-0.4, -0.2) is 46.9 Å². The zero-order valence-corrected chi connectivity index (χ0v) is 10.9. The van der Waals surface area contributed by atoms with E-state index in [0.717, 1.165) is 6.07 Å². The van der Waals surface area contributed by atoms with Crippen LogP contribution in [0.3, 0.4) is 0 Å². The van der Waals surface area contributed by atoms with Crippen LogP contribution >= 0.6 is 0 Å². The third kappa shape index (κ3) is 4.62. The molecule has 0 spiro atoms. The number of hydrogen-bond donors (Lipinski definition) is 4. The topological polar surface area (TPSA) is 151 Å². The fraction of sp³-hybridized carbons (Fsp3) is 0.273. The van der Waals surface area contributed by atoms with Gasteiger partial charge in [-0.15, -0.1) is 0 Å². The maximum absolute atomic E-state index is 11.5. The second-order valence-corrected chi connectivity index (χ2v) is 3.83. The number of carboxylic acid groups (broad SMARTS) is 1. The molecule has 1 aromatic rings. The van der Waals surface area contributed by atoms with E-state index in [4.69, 9.17) is 14.9 Å². The number of carboxylic acids is 1. The molecule has 0 aliphatic rings. The molecule has 1 aromatic carbocycles. The van der Waals surface area contributed by atoms with Gasteiger partial charge < -0.3 is 25.6 Å². The summed E-state index contributed by atoms with van der Waals surface area (Å²) in [5, 5.41) is 32.5. The number of aliphatic hydroxyl groups excluding tert-OH is 1. The minimum atomic E-state index is -1.73. The summed E-state index contributed by atoms with van der Waals surface area (Å²) in [5.74, 6) is -1.40. The molecule has 0 saturated carbocycles. The molecule has 114 valence electrons. The van der Waals surface area contributed by atoms with E-state index in [0.29, 0.717) is 0 Å². The van der Waals surface area contributed by atoms with Crippen molar-refractivity contribution in [2.24, 2.45) is 0 Å². The number of ether oxygens (including phenoxy) is 1. The lowest BCUT2D eigenvalue weighted by molar-refractivity contribution is -0.384. The summed E-state index contributed by atoms with van der Waals surface area (Å²) in [6.07, 6.45) is -1.73. The molecule has 0 aromatic heterocycles. The first kappa shape index (κ1) is 16.2. The number of nitrogens with zero attached hydrogens (tertiary/aromatic N) is 1. The predicted octanol–water partition coefficient (Wildman–Crippen LogP) is 0.170. The summed E-state index contributed by atoms with van der Waals surface area (Å²) in [6, 6.07) is 2.78. The van der Waals surface area contributed by atoms with Gasteiger partial charge >= 0.3 is 12.0 Å². The highest BCUT2D eigenvalue weighted by molar-refractivity contribution is 5.91. The number of urea groups is 1. The number of anilines is 1. The molecule has 0 bridgehead atoms. The van der Waals surface area contributed by atoms with Crippen molar-refractivity contribution in [2.75, 3.05) is 19.0 Å². The van der Waals surface area contributed by atoms with Crippen molar-refractivity contribution in [1.82, 2.24) is 5.32 Å². The Balaban J connectivity index is 2.72. The maximum Gasteiger partial charge on any atom is 0.334 e. The molecule has 1 atom stereocenters. The molecule has 0 heterocycles. The van der Waals surface area contributed by atoms with Gasteiger partial charge in [-0.1, -0.05) is 0 Å². The molecule has 2 amide bonds. The normalized spacial score (nSPS) is 11.3. The van der Waals surface area contributed by atoms with Crippen LogP contribution in [0.4, 0.5) is 16.2 Å². The van der Waals surface area contributed by atoms with E-state index in [-0.39, 0.29) is 17.1 Å². The zero-order valence-electron chi connectivity index (χ0n) is 10.9. The Bertz CT molecular complexity index is 561. The summed E-state index contributed by atoms with van der Waals surface area (Å²) in [5.41, 5.74) is -0.0514. The number of benzene rings is 1. The van der Waals surface area contributed by atoms with Gasteiger partial charge in [-0.2, -0.15) is 0 Å². The van der Waals surface area contributed by atoms with Crippen LogP contribution in [-0.2, 0) is 4.79 Å². The van der Waals surface area contributed by atoms with Gasteiger partial charge in [0.2, 0.25) is 0 Å². The number of nitrogens with one attached hydrogen (secondary N) is 2. The molecule has 0 saturated heterocycles. The predicted molar refractivity (Wildman–Crippen MR) is 70.3 cm³/mol. The zero-order chi connectivity index (χ0) is 16.0. The van der Waals surface area contributed by atoms with E-state index in [1.165, 1.54) is 19.2 Å². The summed E-state index contributed by atoms with van der Waals surface area (Å²) in [7, 11) is 1.27. The second kappa shape index (κ2) is 7.05. The number of aliphatic hydroxyl groups is 1. The van der Waals surface area contributed by atoms with E-state index in [2.05, 4.69) is 10.6 Å². The number of aliphatic carboxylic acids is 1. The highest BCUT2D eigenvalue weighted by Gasteiger charge is 2.16. The third-order valence-corrected chi connectivity index (χ3v) is 2.39. The summed E-state index contributed by atoms with van der Waals surface area (Å²) in [6.45, 7) is -0.490. The molecule has 1 rings (SSSR count). The summed E-state index contributed by atoms with van der Waals surface area (Å²) < 4.78 is 4.91. The molecule has 21 heavy (non-hydrogen) atoms. The van der Waals surface area contributed by atoms with Gasteiger partial charge in [0.1, 0.15) is 5.75 Å². The van der Waals surface area contributed by atoms with Crippen molar-refractivity contribution in [3.8, 4) is 5.75 Å². The number of amides is 2. The maximum atomic E-state index is 11.5. The van der Waals surface area contributed by atoms with Crippen molar-refractivity contribution >= 4 is 23.4 Å². The smallest absolute Gasteiger partial charge is 0.334 e. The van der Waals surface area contributed by atoms with Crippen molar-refractivity contribution < 1.29 is 29.5 Å². The first-order valence-electron chi connectivity index (χ1n) is 5.63. The van der Waals surface area contributed by atoms with Crippen molar-refractivity contribution in [3.05, 3.63) is 28.3 Å². The van der Waals surface area contributed by atoms with Gasteiger partial charge in [0.05, 0.1) is 30.3 Å². The highest BCUT2D eigenvalue weighted by atomic mass is 16.6. The van der Waals surface area contributed by atoms with E-state index in [1.807, 2.05) is 0 Å². The lowest BCUT2D eigenvalue weighted by Crippen LogP contribution is -2.38. The van der Waals surface area contributed by atoms with Crippen LogP contribution in [0.25, 0.3) is 0 Å². The number of nitro groups is 1. The van der Waals surface area contributed by atoms with E-state index < -0.39 is 29.6 Å². The van der Waals surface area contributed by atoms with Crippen molar-refractivity contribution in [3.63, 3.8) is 0 Å². The van der Waals surface area contributed by atoms with Crippen LogP contribution in [0.5, 0.6) is 5.75 Å². The first-order chi connectivity index (χ1) is 9.85. The van der Waals surface area contributed by atoms with Crippen LogP contribution < -0.4 is 15.4 Å². The number of nitro benzene ring substituents is 1. The molecule has 0 aliphatic heterocycles. The minimum Gasteiger partial charge on any atom is -0.494 e. The average molecular weight is 299 g/mol. The second-order valence-electron chi connectivity index (χ2n) is 3.83. The molecular formula is C11H13N3O7. The summed E-state index contributed by atoms with van der Waals surface area (Å²) >= 11 is 0. The molecule has 0 fully saturated rings. The van der Waals surface area contributed by atoms with Crippen LogP contribution in [0.15, 0.2) is 18.2 Å². The van der Waals surface area contributed by atoms with Crippen LogP contribution in [0, 0.1) is 10.1 Å². The minimum absolute atomic E-state index is 0.0677. The summed E-state index contributed by atoms with van der Waals surface area (Å²) in [4.78, 5) is 31.9. The Morgan fingerprint density at radius 3 is 2.67 bits per heavy atom. The Morgan fingerprint density at radius 1 is 1.48 bits per heavy atom. The van der Waals surface area contributed by atoms with E-state index >= 15 is 0 Å². The molecule has 4 N–H and O–H groups in total. The Kier molecular flexibility index (Phi) is 5.43. The molecule has 10 nitrogen and oxygen atoms in total. The van der Waals surface area contributed by atoms with E-state index in [9.17, 15) is 19.7 Å². The highest BCUT2D eigenvalue weighted by Crippen LogP contribution is 2.28. The lowest BCUT2D eigenvalue weighted by atomic mass is 10.2. The van der Waals surface area contributed by atoms with Gasteiger partial charge in [0.25, 0.3) is 5.69 Å². The lowest BCUT2D eigenvalue weighted by Gasteiger charge is -2.12. The quantitative estimate of drug-likeness (QED) is 0.431. The van der Waals surface area contributed by atoms with Crippen LogP contribution in [0.2, 0.25) is 0 Å². The molecule has 0 aliphatic carbocycles. The van der Waals surface area contributed by atoms with E-state index in [1.54, 1.807) is 0 Å². The molecule has 0 unspecified atom stereocenters. The molecule has 10 heteroatoms. The van der Waals surface area contributed by atoms with Gasteiger partial charge in [-0.05, 0) is 6.07 Å². The standard InChI is InChI=1S/C11H13N3O7/c1-21-9-4-6(14(19)20)2-3-7(9)13-11(18)12-5-8(15)10(16)17/h2-4,8,15H,5H2,1H3,(H,16,17)(H2,12,13,18)/t8-/m0/s1. The van der Waals surface area contributed by atoms with Gasteiger partial charge in [-0.3, -0.25) is 10.1 Å². The fourth-order valence-electron chi connectivity index (χ4n) is 1.34. The van der Waals surface area contributed by atoms with Crippen molar-refractivity contribution in [1.29, 1.82) is 0 Å². The van der Waals surface area contributed by atoms with Gasteiger partial charge in [-0.25, -0.2) is 9.59 Å². The Labute approximate surface area is 118 Å². The largest absolute Gasteiger partial charge is 0.494 e. The fourth-order valence-corrected chi connectivity index (χ4v) is 1.34. The number of carbonyl (C=O) groups is 2. The van der Waals surface area contributed by atoms with Crippen LogP contribution in [0.1, 0.15) is 0 Å². The third-order valence-electron chi connectivity index (χ3n) is 2.39. The number of rotatable bonds is 6. The van der Waals surface area contributed by atoms with Gasteiger partial charge in [0, 0.05) is 6.07 Å². The number of hydrogen-bond acceptors (Lipinski definition) is 6. The molecular weight excluding hydrogens is 286 g/mol. The first-order valence-corrected chi connectivity index (χ1v) is 5.63. The van der Waals surface area contributed by atoms with Gasteiger partial charge in [0.15, 0.2) is 6.10 Å². The number of non-ortho nitro benzene ring substituents is 1. The SMILES string of the molecule is COc1cc([N+](=O)[O-])ccc1NC(=O)NC[C@H](O)C(=O)O. The monoisotopic (exact) mass is 299 g/mol. The number of methoxy groups -OCH3 is 1. The number of carbonyl (C=O) groups excluding carboxylic acids is 1. The van der Waals surface area contributed by atoms with Crippen molar-refractivity contribution in [2.45, 2.75) is 6.10 Å². The average Bonchev–Trinajstić information content (AvgIpc) is 2.44.